The van der Waals surface area contributed by atoms with Crippen molar-refractivity contribution in [1.82, 2.24) is 14.6 Å². The molecule has 4 fully saturated rings. The van der Waals surface area contributed by atoms with Crippen molar-refractivity contribution in [3.05, 3.63) is 53.6 Å². The summed E-state index contributed by atoms with van der Waals surface area (Å²) < 4.78 is 75.9. The number of sulfonamides is 1. The molecule has 15 heteroatoms. The van der Waals surface area contributed by atoms with Crippen molar-refractivity contribution < 1.29 is 41.3 Å². The number of aliphatic hydroxyl groups is 1. The molecule has 7 atom stereocenters. The van der Waals surface area contributed by atoms with Crippen molar-refractivity contribution in [3.8, 4) is 0 Å². The Morgan fingerprint density at radius 1 is 1.12 bits per heavy atom. The van der Waals surface area contributed by atoms with Gasteiger partial charge >= 0.3 is 6.09 Å². The maximum absolute atomic E-state index is 14.2. The number of anilines is 1. The van der Waals surface area contributed by atoms with Gasteiger partial charge in [0, 0.05) is 37.0 Å². The number of aliphatic hydroxyl groups excluding tert-OH is 1. The van der Waals surface area contributed by atoms with E-state index in [0.717, 1.165) is 42.6 Å². The van der Waals surface area contributed by atoms with E-state index in [-0.39, 0.29) is 66.0 Å². The fourth-order valence-corrected chi connectivity index (χ4v) is 10.1. The third kappa shape index (κ3) is 7.71. The lowest BCUT2D eigenvalue weighted by molar-refractivity contribution is -0.173. The van der Waals surface area contributed by atoms with Gasteiger partial charge in [-0.1, -0.05) is 25.2 Å². The van der Waals surface area contributed by atoms with Gasteiger partial charge in [0.15, 0.2) is 11.4 Å². The van der Waals surface area contributed by atoms with Crippen LogP contribution in [-0.4, -0.2) is 85.8 Å². The van der Waals surface area contributed by atoms with E-state index < -0.39 is 39.9 Å². The first kappa shape index (κ1) is 34.5. The van der Waals surface area contributed by atoms with Crippen molar-refractivity contribution in [1.29, 1.82) is 0 Å². The van der Waals surface area contributed by atoms with Crippen LogP contribution in [0.1, 0.15) is 45.1 Å². The molecule has 3 aromatic rings. The molecule has 2 aliphatic heterocycles. The highest BCUT2D eigenvalue weighted by Crippen LogP contribution is 2.50. The minimum atomic E-state index is -4.13. The molecule has 7 rings (SSSR count). The van der Waals surface area contributed by atoms with Gasteiger partial charge in [0.05, 0.1) is 40.5 Å². The standard InChI is InChI=1S/C34H42F2N4O7S2/c1-18(2)15-40(49(43,44)24-5-6-26-30(14-24)48-33(38-26)37-23-3-4-23)16-28(41)27(11-19-9-21(35)13-22(36)10-19)39-34(42)47-29-12-20-17-46-32-31(20)25(29)7-8-45-32/h5-6,9-10,13-14,18,20,23,25,27-29,31-32,41H,3-4,7-8,11-12,15-17H2,1-2H3,(H,37,38)(H,39,42)/t20-,25-,27-,28+,29-,31+,32+/m0/s1. The average Bonchev–Trinajstić information content (AvgIpc) is 3.44. The van der Waals surface area contributed by atoms with Gasteiger partial charge in [-0.05, 0) is 79.8 Å². The van der Waals surface area contributed by atoms with Crippen molar-refractivity contribution in [2.75, 3.05) is 31.6 Å². The highest BCUT2D eigenvalue weighted by Gasteiger charge is 2.55. The number of hydrogen-bond acceptors (Lipinski definition) is 10. The van der Waals surface area contributed by atoms with E-state index in [1.54, 1.807) is 12.1 Å². The molecule has 0 radical (unpaired) electrons. The minimum Gasteiger partial charge on any atom is -0.446 e. The van der Waals surface area contributed by atoms with Gasteiger partial charge in [-0.15, -0.1) is 0 Å². The lowest BCUT2D eigenvalue weighted by atomic mass is 9.87. The van der Waals surface area contributed by atoms with Crippen LogP contribution >= 0.6 is 11.3 Å². The maximum Gasteiger partial charge on any atom is 0.407 e. The third-order valence-corrected chi connectivity index (χ3v) is 12.6. The molecule has 0 unspecified atom stereocenters. The lowest BCUT2D eigenvalue weighted by Gasteiger charge is -2.33. The van der Waals surface area contributed by atoms with Gasteiger partial charge in [0.1, 0.15) is 17.7 Å². The van der Waals surface area contributed by atoms with Crippen LogP contribution in [0.2, 0.25) is 0 Å². The lowest BCUT2D eigenvalue weighted by Crippen LogP contribution is -2.51. The van der Waals surface area contributed by atoms with Crippen molar-refractivity contribution >= 4 is 42.8 Å². The van der Waals surface area contributed by atoms with E-state index in [4.69, 9.17) is 14.2 Å². The number of hydrogen-bond donors (Lipinski definition) is 3. The molecule has 11 nitrogen and oxygen atoms in total. The number of fused-ring (bicyclic) bond motifs is 1. The van der Waals surface area contributed by atoms with Crippen LogP contribution in [0.15, 0.2) is 41.3 Å². The fraction of sp³-hybridized carbons (Fsp3) is 0.588. The second kappa shape index (κ2) is 14.0. The first-order chi connectivity index (χ1) is 23.4. The van der Waals surface area contributed by atoms with E-state index in [1.165, 1.54) is 21.7 Å². The van der Waals surface area contributed by atoms with Gasteiger partial charge in [-0.3, -0.25) is 0 Å². The molecule has 49 heavy (non-hydrogen) atoms. The van der Waals surface area contributed by atoms with Crippen molar-refractivity contribution in [2.45, 2.75) is 81.4 Å². The summed E-state index contributed by atoms with van der Waals surface area (Å²) in [4.78, 5) is 18.0. The molecule has 1 aromatic heterocycles. The Labute approximate surface area is 288 Å². The SMILES string of the molecule is CC(C)CN(C[C@@H](O)[C@H](Cc1cc(F)cc(F)c1)NC(=O)O[C@H]1C[C@H]2CO[C@H]3OCC[C@@H]1[C@@H]23)S(=O)(=O)c1ccc2nc(NC3CC3)sc2c1. The highest BCUT2D eigenvalue weighted by atomic mass is 32.2. The van der Waals surface area contributed by atoms with E-state index in [2.05, 4.69) is 15.6 Å². The Kier molecular flexibility index (Phi) is 9.85. The number of rotatable bonds is 13. The van der Waals surface area contributed by atoms with Crippen LogP contribution < -0.4 is 10.6 Å². The Morgan fingerprint density at radius 3 is 2.63 bits per heavy atom. The van der Waals surface area contributed by atoms with Crippen molar-refractivity contribution in [3.63, 3.8) is 0 Å². The van der Waals surface area contributed by atoms with Crippen LogP contribution in [0.4, 0.5) is 18.7 Å². The summed E-state index contributed by atoms with van der Waals surface area (Å²) >= 11 is 1.38. The van der Waals surface area contributed by atoms with Crippen LogP contribution in [0.25, 0.3) is 10.2 Å². The zero-order valence-electron chi connectivity index (χ0n) is 27.4. The number of nitrogens with zero attached hydrogens (tertiary/aromatic N) is 2. The number of thiazole rings is 1. The molecule has 3 heterocycles. The summed E-state index contributed by atoms with van der Waals surface area (Å²) in [6.45, 7) is 4.46. The topological polar surface area (TPSA) is 139 Å². The Bertz CT molecular complexity index is 1770. The summed E-state index contributed by atoms with van der Waals surface area (Å²) in [6.07, 6.45) is 0.396. The van der Waals surface area contributed by atoms with Crippen LogP contribution in [-0.2, 0) is 30.7 Å². The van der Waals surface area contributed by atoms with E-state index >= 15 is 0 Å². The molecule has 2 aromatic carbocycles. The molecule has 2 aliphatic carbocycles. The second-order valence-electron chi connectivity index (χ2n) is 14.1. The first-order valence-electron chi connectivity index (χ1n) is 16.9. The number of benzene rings is 2. The summed E-state index contributed by atoms with van der Waals surface area (Å²) in [5.74, 6) is -1.30. The van der Waals surface area contributed by atoms with Gasteiger partial charge in [-0.2, -0.15) is 4.31 Å². The number of amides is 1. The minimum absolute atomic E-state index is 0.0520. The molecule has 266 valence electrons. The Balaban J connectivity index is 1.10. The zero-order valence-corrected chi connectivity index (χ0v) is 29.0. The number of nitrogens with one attached hydrogen (secondary N) is 2. The van der Waals surface area contributed by atoms with Gasteiger partial charge in [0.25, 0.3) is 0 Å². The highest BCUT2D eigenvalue weighted by molar-refractivity contribution is 7.89. The molecule has 0 spiro atoms. The normalized spacial score (nSPS) is 26.2. The third-order valence-electron chi connectivity index (χ3n) is 9.84. The fourth-order valence-electron chi connectivity index (χ4n) is 7.44. The van der Waals surface area contributed by atoms with E-state index in [0.29, 0.717) is 35.9 Å². The largest absolute Gasteiger partial charge is 0.446 e. The summed E-state index contributed by atoms with van der Waals surface area (Å²) in [6, 6.07) is 7.01. The predicted octanol–water partition coefficient (Wildman–Crippen LogP) is 4.89. The molecule has 2 saturated heterocycles. The quantitative estimate of drug-likeness (QED) is 0.225. The first-order valence-corrected chi connectivity index (χ1v) is 19.2. The maximum atomic E-state index is 14.2. The second-order valence-corrected chi connectivity index (χ2v) is 17.1. The predicted molar refractivity (Wildman–Crippen MR) is 179 cm³/mol. The van der Waals surface area contributed by atoms with Crippen LogP contribution in [0, 0.1) is 35.3 Å². The Hall–Kier alpha value is -2.95. The molecular formula is C34H42F2N4O7S2. The van der Waals surface area contributed by atoms with Gasteiger partial charge < -0.3 is 30.0 Å². The Morgan fingerprint density at radius 2 is 1.90 bits per heavy atom. The summed E-state index contributed by atoms with van der Waals surface area (Å²) in [5.41, 5.74) is 0.869. The number of halogens is 2. The summed E-state index contributed by atoms with van der Waals surface area (Å²) in [7, 11) is -4.13. The number of carbonyl (C=O) groups excluding carboxylic acids is 1. The monoisotopic (exact) mass is 720 g/mol. The smallest absolute Gasteiger partial charge is 0.407 e. The molecule has 1 amide bonds. The van der Waals surface area contributed by atoms with E-state index in [9.17, 15) is 27.1 Å². The van der Waals surface area contributed by atoms with E-state index in [1.807, 2.05) is 13.8 Å². The number of ether oxygens (including phenoxy) is 3. The van der Waals surface area contributed by atoms with Gasteiger partial charge in [-0.25, -0.2) is 27.0 Å². The molecule has 2 saturated carbocycles. The van der Waals surface area contributed by atoms with Gasteiger partial charge in [0.2, 0.25) is 10.0 Å². The van der Waals surface area contributed by atoms with Crippen LogP contribution in [0.3, 0.4) is 0 Å². The molecule has 0 bridgehead atoms. The zero-order chi connectivity index (χ0) is 34.4. The molecule has 3 N–H and O–H groups in total. The van der Waals surface area contributed by atoms with Crippen LogP contribution in [0.5, 0.6) is 0 Å². The molecule has 4 aliphatic rings. The summed E-state index contributed by atoms with van der Waals surface area (Å²) in [5, 5.41) is 18.4. The average molecular weight is 721 g/mol. The number of alkyl carbamates (subject to hydrolysis) is 1. The number of carbonyl (C=O) groups is 1. The molecular weight excluding hydrogens is 679 g/mol. The number of aromatic nitrogens is 1. The van der Waals surface area contributed by atoms with Crippen molar-refractivity contribution in [2.24, 2.45) is 23.7 Å².